The first-order valence-corrected chi connectivity index (χ1v) is 10.6. The summed E-state index contributed by atoms with van der Waals surface area (Å²) < 4.78 is 15.3. The van der Waals surface area contributed by atoms with Crippen LogP contribution in [0.2, 0.25) is 0 Å². The number of esters is 2. The summed E-state index contributed by atoms with van der Waals surface area (Å²) in [6.07, 6.45) is 4.56. The van der Waals surface area contributed by atoms with Gasteiger partial charge in [0.15, 0.2) is 5.75 Å². The van der Waals surface area contributed by atoms with E-state index in [1.807, 2.05) is 0 Å². The van der Waals surface area contributed by atoms with Gasteiger partial charge in [-0.25, -0.2) is 9.59 Å². The van der Waals surface area contributed by atoms with Crippen LogP contribution < -0.4 is 14.8 Å². The van der Waals surface area contributed by atoms with Crippen LogP contribution in [0.25, 0.3) is 11.5 Å². The molecular formula is C21H21N5O8. The van der Waals surface area contributed by atoms with Crippen LogP contribution in [0.3, 0.4) is 0 Å². The van der Waals surface area contributed by atoms with Crippen LogP contribution in [0.5, 0.6) is 11.5 Å². The number of carbonyl (C=O) groups excluding carboxylic acids is 3. The fourth-order valence-electron chi connectivity index (χ4n) is 3.71. The molecule has 0 saturated carbocycles. The molecule has 34 heavy (non-hydrogen) atoms. The lowest BCUT2D eigenvalue weighted by Gasteiger charge is -2.28. The zero-order chi connectivity index (χ0) is 24.2. The molecule has 13 nitrogen and oxygen atoms in total. The molecule has 0 unspecified atom stereocenters. The number of carbonyl (C=O) groups is 3. The number of hydrogen-bond acceptors (Lipinski definition) is 11. The van der Waals surface area contributed by atoms with Crippen LogP contribution in [-0.4, -0.2) is 64.5 Å². The van der Waals surface area contributed by atoms with E-state index in [4.69, 9.17) is 14.0 Å². The molecule has 1 aromatic carbocycles. The third-order valence-electron chi connectivity index (χ3n) is 5.58. The summed E-state index contributed by atoms with van der Waals surface area (Å²) in [6, 6.07) is 2.23. The monoisotopic (exact) mass is 471 g/mol. The maximum atomic E-state index is 12.5. The van der Waals surface area contributed by atoms with Gasteiger partial charge in [0.1, 0.15) is 0 Å². The SMILES string of the molecule is CN1CCC(CCNC(=O)c2noc(-c3ccc([N+](=O)[O-])c4c3OC(=O)/C=C/C(=O)O4)n2)CC1. The average molecular weight is 471 g/mol. The van der Waals surface area contributed by atoms with Crippen molar-refractivity contribution < 1.29 is 33.3 Å². The van der Waals surface area contributed by atoms with E-state index in [1.165, 1.54) is 6.07 Å². The zero-order valence-corrected chi connectivity index (χ0v) is 18.2. The van der Waals surface area contributed by atoms with Gasteiger partial charge in [0.05, 0.1) is 10.5 Å². The molecular weight excluding hydrogens is 450 g/mol. The Balaban J connectivity index is 1.52. The van der Waals surface area contributed by atoms with Crippen molar-refractivity contribution in [1.82, 2.24) is 20.4 Å². The second-order valence-electron chi connectivity index (χ2n) is 7.94. The minimum atomic E-state index is -1.01. The average Bonchev–Trinajstić information content (AvgIpc) is 3.29. The number of likely N-dealkylation sites (tertiary alicyclic amines) is 1. The van der Waals surface area contributed by atoms with E-state index in [0.29, 0.717) is 12.5 Å². The highest BCUT2D eigenvalue weighted by atomic mass is 16.6. The Morgan fingerprint density at radius 2 is 1.85 bits per heavy atom. The predicted molar refractivity (Wildman–Crippen MR) is 114 cm³/mol. The number of benzene rings is 1. The summed E-state index contributed by atoms with van der Waals surface area (Å²) >= 11 is 0. The normalized spacial score (nSPS) is 17.7. The number of piperidine rings is 1. The van der Waals surface area contributed by atoms with Gasteiger partial charge in [0.2, 0.25) is 0 Å². The number of rotatable bonds is 6. The minimum absolute atomic E-state index is 0.0603. The lowest BCUT2D eigenvalue weighted by atomic mass is 9.94. The lowest BCUT2D eigenvalue weighted by Crippen LogP contribution is -2.33. The van der Waals surface area contributed by atoms with Crippen molar-refractivity contribution in [3.63, 3.8) is 0 Å². The fourth-order valence-corrected chi connectivity index (χ4v) is 3.71. The topological polar surface area (TPSA) is 167 Å². The highest BCUT2D eigenvalue weighted by molar-refractivity contribution is 5.97. The number of fused-ring (bicyclic) bond motifs is 1. The third-order valence-corrected chi connectivity index (χ3v) is 5.58. The highest BCUT2D eigenvalue weighted by Crippen LogP contribution is 2.44. The van der Waals surface area contributed by atoms with E-state index in [0.717, 1.165) is 50.6 Å². The first-order valence-electron chi connectivity index (χ1n) is 10.6. The number of hydrogen-bond donors (Lipinski definition) is 1. The van der Waals surface area contributed by atoms with Crippen LogP contribution in [0, 0.1) is 16.0 Å². The Labute approximate surface area is 192 Å². The van der Waals surface area contributed by atoms with Gasteiger partial charge in [0.25, 0.3) is 23.4 Å². The molecule has 0 atom stereocenters. The molecule has 2 aliphatic rings. The Kier molecular flexibility index (Phi) is 6.63. The number of nitrogens with zero attached hydrogens (tertiary/aromatic N) is 4. The number of aromatic nitrogens is 2. The maximum absolute atomic E-state index is 12.5. The van der Waals surface area contributed by atoms with Gasteiger partial charge < -0.3 is 24.2 Å². The Bertz CT molecular complexity index is 1170. The summed E-state index contributed by atoms with van der Waals surface area (Å²) in [7, 11) is 2.08. The summed E-state index contributed by atoms with van der Waals surface area (Å²) in [4.78, 5) is 53.1. The molecule has 1 fully saturated rings. The molecule has 4 rings (SSSR count). The van der Waals surface area contributed by atoms with E-state index in [2.05, 4.69) is 27.4 Å². The predicted octanol–water partition coefficient (Wildman–Crippen LogP) is 1.49. The fraction of sp³-hybridized carbons (Fsp3) is 0.381. The van der Waals surface area contributed by atoms with Gasteiger partial charge in [-0.2, -0.15) is 4.98 Å². The summed E-state index contributed by atoms with van der Waals surface area (Å²) in [5, 5.41) is 17.8. The van der Waals surface area contributed by atoms with Crippen molar-refractivity contribution in [3.05, 3.63) is 40.2 Å². The first kappa shape index (κ1) is 23.0. The number of nitro benzene ring substituents is 1. The second-order valence-corrected chi connectivity index (χ2v) is 7.94. The van der Waals surface area contributed by atoms with Gasteiger partial charge in [-0.05, 0) is 51.4 Å². The number of nitro groups is 1. The van der Waals surface area contributed by atoms with Crippen molar-refractivity contribution in [2.45, 2.75) is 19.3 Å². The molecule has 1 N–H and O–H groups in total. The zero-order valence-electron chi connectivity index (χ0n) is 18.2. The number of ether oxygens (including phenoxy) is 2. The molecule has 1 aromatic heterocycles. The first-order chi connectivity index (χ1) is 16.3. The third kappa shape index (κ3) is 5.09. The molecule has 178 valence electrons. The molecule has 3 heterocycles. The standard InChI is InChI=1S/C21H21N5O8/c1-25-10-7-12(8-11-25)6-9-22-20(29)19-23-21(34-24-19)13-2-3-14(26(30)31)18-17(13)32-15(27)4-5-16(28)33-18/h2-5,12H,6-11H2,1H3,(H,22,29)/b5-4+. The van der Waals surface area contributed by atoms with E-state index < -0.39 is 40.0 Å². The quantitative estimate of drug-likeness (QED) is 0.280. The van der Waals surface area contributed by atoms with Crippen LogP contribution in [0.4, 0.5) is 5.69 Å². The largest absolute Gasteiger partial charge is 0.418 e. The van der Waals surface area contributed by atoms with Gasteiger partial charge in [-0.3, -0.25) is 14.9 Å². The molecule has 2 aliphatic heterocycles. The van der Waals surface area contributed by atoms with Crippen molar-refractivity contribution in [3.8, 4) is 23.0 Å². The van der Waals surface area contributed by atoms with Crippen LogP contribution >= 0.6 is 0 Å². The van der Waals surface area contributed by atoms with E-state index >= 15 is 0 Å². The van der Waals surface area contributed by atoms with Crippen molar-refractivity contribution >= 4 is 23.5 Å². The summed E-state index contributed by atoms with van der Waals surface area (Å²) in [5.74, 6) is -3.55. The summed E-state index contributed by atoms with van der Waals surface area (Å²) in [5.41, 5.74) is -0.670. The number of nitrogens with one attached hydrogen (secondary N) is 1. The molecule has 1 amide bonds. The molecule has 0 spiro atoms. The van der Waals surface area contributed by atoms with Crippen LogP contribution in [-0.2, 0) is 9.59 Å². The number of amides is 1. The summed E-state index contributed by atoms with van der Waals surface area (Å²) in [6.45, 7) is 2.51. The molecule has 1 saturated heterocycles. The van der Waals surface area contributed by atoms with E-state index in [9.17, 15) is 24.5 Å². The van der Waals surface area contributed by atoms with E-state index in [1.54, 1.807) is 0 Å². The molecule has 0 aliphatic carbocycles. The van der Waals surface area contributed by atoms with E-state index in [-0.39, 0.29) is 17.3 Å². The van der Waals surface area contributed by atoms with Crippen LogP contribution in [0.15, 0.2) is 28.8 Å². The van der Waals surface area contributed by atoms with Gasteiger partial charge in [0, 0.05) is 24.8 Å². The van der Waals surface area contributed by atoms with Gasteiger partial charge in [-0.15, -0.1) is 0 Å². The van der Waals surface area contributed by atoms with Crippen molar-refractivity contribution in [2.24, 2.45) is 5.92 Å². The maximum Gasteiger partial charge on any atom is 0.336 e. The smallest absolute Gasteiger partial charge is 0.336 e. The van der Waals surface area contributed by atoms with Gasteiger partial charge >= 0.3 is 17.6 Å². The molecule has 0 bridgehead atoms. The minimum Gasteiger partial charge on any atom is -0.418 e. The molecule has 2 aromatic rings. The van der Waals surface area contributed by atoms with Gasteiger partial charge in [-0.1, -0.05) is 5.16 Å². The Morgan fingerprint density at radius 3 is 2.53 bits per heavy atom. The highest BCUT2D eigenvalue weighted by Gasteiger charge is 2.31. The Hall–Kier alpha value is -4.13. The Morgan fingerprint density at radius 1 is 1.18 bits per heavy atom. The van der Waals surface area contributed by atoms with Crippen LogP contribution in [0.1, 0.15) is 29.9 Å². The van der Waals surface area contributed by atoms with Crippen molar-refractivity contribution in [2.75, 3.05) is 26.7 Å². The van der Waals surface area contributed by atoms with Crippen molar-refractivity contribution in [1.29, 1.82) is 0 Å². The molecule has 13 heteroatoms. The lowest BCUT2D eigenvalue weighted by molar-refractivity contribution is -0.385. The second kappa shape index (κ2) is 9.79. The molecule has 0 radical (unpaired) electrons.